The summed E-state index contributed by atoms with van der Waals surface area (Å²) in [4.78, 5) is 0. The normalized spacial score (nSPS) is 24.3. The number of alkyl halides is 3. The zero-order valence-corrected chi connectivity index (χ0v) is 10.4. The maximum absolute atomic E-state index is 14.1. The van der Waals surface area contributed by atoms with Gasteiger partial charge in [-0.15, -0.1) is 0 Å². The van der Waals surface area contributed by atoms with Crippen molar-refractivity contribution in [2.24, 2.45) is 5.92 Å². The molecule has 0 amide bonds. The zero-order valence-electron chi connectivity index (χ0n) is 10.4. The Balaban J connectivity index is 2.38. The van der Waals surface area contributed by atoms with Crippen LogP contribution in [0.4, 0.5) is 17.6 Å². The molecule has 0 spiro atoms. The Morgan fingerprint density at radius 2 is 2.05 bits per heavy atom. The van der Waals surface area contributed by atoms with Crippen LogP contribution in [0.2, 0.25) is 0 Å². The first-order valence-corrected chi connectivity index (χ1v) is 6.07. The van der Waals surface area contributed by atoms with Gasteiger partial charge < -0.3 is 10.1 Å². The number of ether oxygens (including phenoxy) is 1. The number of benzene rings is 1. The Morgan fingerprint density at radius 1 is 1.32 bits per heavy atom. The minimum atomic E-state index is -4.34. The molecule has 2 rings (SSSR count). The Morgan fingerprint density at radius 3 is 2.68 bits per heavy atom. The third kappa shape index (κ3) is 2.83. The van der Waals surface area contributed by atoms with E-state index >= 15 is 0 Å². The van der Waals surface area contributed by atoms with Crippen LogP contribution in [0.3, 0.4) is 0 Å². The molecule has 19 heavy (non-hydrogen) atoms. The van der Waals surface area contributed by atoms with E-state index in [0.717, 1.165) is 0 Å². The van der Waals surface area contributed by atoms with E-state index in [2.05, 4.69) is 5.32 Å². The van der Waals surface area contributed by atoms with Crippen molar-refractivity contribution >= 4 is 0 Å². The van der Waals surface area contributed by atoms with Crippen molar-refractivity contribution in [3.05, 3.63) is 29.6 Å². The van der Waals surface area contributed by atoms with Gasteiger partial charge in [-0.2, -0.15) is 13.2 Å². The van der Waals surface area contributed by atoms with Crippen LogP contribution < -0.4 is 10.1 Å². The summed E-state index contributed by atoms with van der Waals surface area (Å²) in [6, 6.07) is 3.22. The predicted octanol–water partition coefficient (Wildman–Crippen LogP) is 3.44. The van der Waals surface area contributed by atoms with Gasteiger partial charge in [-0.1, -0.05) is 12.1 Å². The summed E-state index contributed by atoms with van der Waals surface area (Å²) >= 11 is 0. The standard InChI is InChI=1S/C13H15F4NO/c1-19-10-6-2-4-8(11(10)14)12-9(13(15,16)17)5-3-7-18-12/h2,4,6,9,12,18H,3,5,7H2,1H3. The summed E-state index contributed by atoms with van der Waals surface area (Å²) in [5.74, 6) is -2.33. The van der Waals surface area contributed by atoms with Crippen LogP contribution in [0.25, 0.3) is 0 Å². The van der Waals surface area contributed by atoms with Crippen LogP contribution >= 0.6 is 0 Å². The van der Waals surface area contributed by atoms with Crippen LogP contribution in [0.15, 0.2) is 18.2 Å². The average Bonchev–Trinajstić information content (AvgIpc) is 2.38. The van der Waals surface area contributed by atoms with Crippen LogP contribution in [-0.4, -0.2) is 19.8 Å². The fourth-order valence-electron chi connectivity index (χ4n) is 2.49. The quantitative estimate of drug-likeness (QED) is 0.836. The molecule has 1 aromatic rings. The molecule has 0 aromatic heterocycles. The van der Waals surface area contributed by atoms with E-state index in [-0.39, 0.29) is 17.7 Å². The van der Waals surface area contributed by atoms with Gasteiger partial charge in [0.15, 0.2) is 11.6 Å². The molecule has 0 bridgehead atoms. The highest BCUT2D eigenvalue weighted by molar-refractivity contribution is 5.33. The minimum Gasteiger partial charge on any atom is -0.494 e. The Hall–Kier alpha value is -1.30. The molecular formula is C13H15F4NO. The van der Waals surface area contributed by atoms with Crippen molar-refractivity contribution in [2.45, 2.75) is 25.1 Å². The van der Waals surface area contributed by atoms with Crippen molar-refractivity contribution in [1.82, 2.24) is 5.32 Å². The second-order valence-electron chi connectivity index (χ2n) is 4.59. The van der Waals surface area contributed by atoms with E-state index in [1.807, 2.05) is 0 Å². The predicted molar refractivity (Wildman–Crippen MR) is 62.5 cm³/mol. The number of rotatable bonds is 2. The number of methoxy groups -OCH3 is 1. The molecule has 2 nitrogen and oxygen atoms in total. The second-order valence-corrected chi connectivity index (χ2v) is 4.59. The number of hydrogen-bond acceptors (Lipinski definition) is 2. The lowest BCUT2D eigenvalue weighted by molar-refractivity contribution is -0.189. The molecule has 1 fully saturated rings. The lowest BCUT2D eigenvalue weighted by Crippen LogP contribution is -2.42. The summed E-state index contributed by atoms with van der Waals surface area (Å²) in [6.07, 6.45) is -3.89. The summed E-state index contributed by atoms with van der Waals surface area (Å²) < 4.78 is 57.9. The molecule has 6 heteroatoms. The van der Waals surface area contributed by atoms with Gasteiger partial charge in [0, 0.05) is 11.6 Å². The van der Waals surface area contributed by atoms with Gasteiger partial charge in [0.1, 0.15) is 0 Å². The summed E-state index contributed by atoms with van der Waals surface area (Å²) in [5, 5.41) is 2.77. The highest BCUT2D eigenvalue weighted by atomic mass is 19.4. The number of piperidine rings is 1. The van der Waals surface area contributed by atoms with Crippen LogP contribution in [-0.2, 0) is 0 Å². The fourth-order valence-corrected chi connectivity index (χ4v) is 2.49. The maximum atomic E-state index is 14.1. The molecule has 0 saturated carbocycles. The minimum absolute atomic E-state index is 0.0117. The van der Waals surface area contributed by atoms with Gasteiger partial charge in [-0.25, -0.2) is 4.39 Å². The summed E-state index contributed by atoms with van der Waals surface area (Å²) in [6.45, 7) is 0.452. The molecule has 2 atom stereocenters. The van der Waals surface area contributed by atoms with E-state index in [4.69, 9.17) is 4.74 Å². The smallest absolute Gasteiger partial charge is 0.393 e. The molecule has 106 valence electrons. The molecule has 1 aromatic carbocycles. The third-order valence-corrected chi connectivity index (χ3v) is 3.43. The third-order valence-electron chi connectivity index (χ3n) is 3.43. The topological polar surface area (TPSA) is 21.3 Å². The lowest BCUT2D eigenvalue weighted by atomic mass is 9.85. The monoisotopic (exact) mass is 277 g/mol. The van der Waals surface area contributed by atoms with Crippen molar-refractivity contribution in [3.63, 3.8) is 0 Å². The van der Waals surface area contributed by atoms with Gasteiger partial charge in [-0.05, 0) is 25.5 Å². The van der Waals surface area contributed by atoms with Crippen LogP contribution in [0.5, 0.6) is 5.75 Å². The molecule has 1 saturated heterocycles. The van der Waals surface area contributed by atoms with E-state index in [1.54, 1.807) is 0 Å². The summed E-state index contributed by atoms with van der Waals surface area (Å²) in [5.41, 5.74) is 0.0152. The SMILES string of the molecule is COc1cccc(C2NCCCC2C(F)(F)F)c1F. The van der Waals surface area contributed by atoms with Gasteiger partial charge >= 0.3 is 6.18 Å². The molecule has 1 aliphatic heterocycles. The number of hydrogen-bond donors (Lipinski definition) is 1. The van der Waals surface area contributed by atoms with Gasteiger partial charge in [0.25, 0.3) is 0 Å². The second kappa shape index (κ2) is 5.36. The number of halogens is 4. The van der Waals surface area contributed by atoms with Crippen LogP contribution in [0.1, 0.15) is 24.4 Å². The summed E-state index contributed by atoms with van der Waals surface area (Å²) in [7, 11) is 1.29. The van der Waals surface area contributed by atoms with E-state index < -0.39 is 24.0 Å². The van der Waals surface area contributed by atoms with Crippen molar-refractivity contribution in [2.75, 3.05) is 13.7 Å². The molecule has 2 unspecified atom stereocenters. The van der Waals surface area contributed by atoms with E-state index in [0.29, 0.717) is 13.0 Å². The first kappa shape index (κ1) is 14.1. The highest BCUT2D eigenvalue weighted by Crippen LogP contribution is 2.42. The lowest BCUT2D eigenvalue weighted by Gasteiger charge is -2.34. The van der Waals surface area contributed by atoms with Crippen LogP contribution in [0, 0.1) is 11.7 Å². The first-order valence-electron chi connectivity index (χ1n) is 6.07. The number of nitrogens with one attached hydrogen (secondary N) is 1. The van der Waals surface area contributed by atoms with E-state index in [1.165, 1.54) is 25.3 Å². The van der Waals surface area contributed by atoms with Crippen molar-refractivity contribution in [1.29, 1.82) is 0 Å². The molecule has 0 aliphatic carbocycles. The van der Waals surface area contributed by atoms with E-state index in [9.17, 15) is 17.6 Å². The van der Waals surface area contributed by atoms with Gasteiger partial charge in [0.05, 0.1) is 13.0 Å². The largest absolute Gasteiger partial charge is 0.494 e. The van der Waals surface area contributed by atoms with Crippen molar-refractivity contribution in [3.8, 4) is 5.75 Å². The van der Waals surface area contributed by atoms with Gasteiger partial charge in [-0.3, -0.25) is 0 Å². The molecular weight excluding hydrogens is 262 g/mol. The molecule has 1 aliphatic rings. The molecule has 1 N–H and O–H groups in total. The average molecular weight is 277 g/mol. The highest BCUT2D eigenvalue weighted by Gasteiger charge is 2.46. The Labute approximate surface area is 108 Å². The maximum Gasteiger partial charge on any atom is 0.393 e. The zero-order chi connectivity index (χ0) is 14.0. The van der Waals surface area contributed by atoms with Crippen molar-refractivity contribution < 1.29 is 22.3 Å². The molecule has 1 heterocycles. The fraction of sp³-hybridized carbons (Fsp3) is 0.538. The Kier molecular flexibility index (Phi) is 3.99. The Bertz CT molecular complexity index is 447. The molecule has 0 radical (unpaired) electrons. The van der Waals surface area contributed by atoms with Gasteiger partial charge in [0.2, 0.25) is 0 Å². The first-order chi connectivity index (χ1) is 8.95.